The molecule has 0 N–H and O–H groups in total. The predicted octanol–water partition coefficient (Wildman–Crippen LogP) is 5.43. The van der Waals surface area contributed by atoms with E-state index in [1.54, 1.807) is 36.4 Å². The zero-order valence-corrected chi connectivity index (χ0v) is 18.2. The quantitative estimate of drug-likeness (QED) is 0.382. The van der Waals surface area contributed by atoms with Gasteiger partial charge in [-0.25, -0.2) is 14.3 Å². The number of ether oxygens (including phenoxy) is 2. The molecule has 0 radical (unpaired) electrons. The summed E-state index contributed by atoms with van der Waals surface area (Å²) in [6.45, 7) is 0. The third-order valence-corrected chi connectivity index (χ3v) is 5.30. The van der Waals surface area contributed by atoms with E-state index in [9.17, 15) is 9.59 Å². The maximum absolute atomic E-state index is 12.8. The topological polar surface area (TPSA) is 70.4 Å². The van der Waals surface area contributed by atoms with Crippen molar-refractivity contribution in [2.45, 2.75) is 0 Å². The fraction of sp³-hybridized carbons (Fsp3) is 0.0800. The molecule has 32 heavy (non-hydrogen) atoms. The molecule has 0 aliphatic rings. The van der Waals surface area contributed by atoms with Gasteiger partial charge in [-0.3, -0.25) is 0 Å². The lowest BCUT2D eigenvalue weighted by Gasteiger charge is -2.08. The van der Waals surface area contributed by atoms with Crippen LogP contribution < -0.4 is 0 Å². The molecule has 0 aliphatic heterocycles. The first-order valence-corrected chi connectivity index (χ1v) is 10.1. The average molecular weight is 447 g/mol. The van der Waals surface area contributed by atoms with Gasteiger partial charge in [-0.05, 0) is 29.3 Å². The van der Waals surface area contributed by atoms with E-state index in [1.165, 1.54) is 18.9 Å². The highest BCUT2D eigenvalue weighted by molar-refractivity contribution is 6.34. The molecule has 0 saturated heterocycles. The maximum atomic E-state index is 12.8. The van der Waals surface area contributed by atoms with Crippen LogP contribution in [0, 0.1) is 0 Å². The monoisotopic (exact) mass is 446 g/mol. The first-order valence-electron chi connectivity index (χ1n) is 9.75. The van der Waals surface area contributed by atoms with Crippen LogP contribution >= 0.6 is 11.6 Å². The number of carbonyl (C=O) groups is 2. The van der Waals surface area contributed by atoms with E-state index in [2.05, 4.69) is 5.10 Å². The third-order valence-electron chi connectivity index (χ3n) is 4.99. The van der Waals surface area contributed by atoms with Crippen LogP contribution in [0.15, 0.2) is 78.9 Å². The Kier molecular flexibility index (Phi) is 6.05. The molecule has 1 heterocycles. The number of hydrogen-bond acceptors (Lipinski definition) is 5. The molecule has 6 nitrogen and oxygen atoms in total. The summed E-state index contributed by atoms with van der Waals surface area (Å²) in [6.07, 6.45) is 0. The lowest BCUT2D eigenvalue weighted by atomic mass is 10.0. The Morgan fingerprint density at radius 1 is 0.812 bits per heavy atom. The molecule has 4 rings (SSSR count). The molecule has 1 aromatic heterocycles. The second-order valence-electron chi connectivity index (χ2n) is 6.86. The minimum atomic E-state index is -0.718. The van der Waals surface area contributed by atoms with Gasteiger partial charge in [0.25, 0.3) is 0 Å². The van der Waals surface area contributed by atoms with Gasteiger partial charge in [0.15, 0.2) is 5.69 Å². The van der Waals surface area contributed by atoms with Crippen LogP contribution in [0.1, 0.15) is 20.8 Å². The molecule has 0 unspecified atom stereocenters. The normalized spacial score (nSPS) is 10.6. The number of aromatic nitrogens is 2. The summed E-state index contributed by atoms with van der Waals surface area (Å²) in [7, 11) is 2.49. The van der Waals surface area contributed by atoms with Gasteiger partial charge in [0.1, 0.15) is 11.3 Å². The first kappa shape index (κ1) is 21.3. The van der Waals surface area contributed by atoms with E-state index >= 15 is 0 Å². The van der Waals surface area contributed by atoms with Gasteiger partial charge < -0.3 is 9.47 Å². The number of esters is 2. The average Bonchev–Trinajstić information content (AvgIpc) is 3.24. The smallest absolute Gasteiger partial charge is 0.357 e. The highest BCUT2D eigenvalue weighted by Crippen LogP contribution is 2.36. The molecular formula is C25H19ClN2O4. The molecule has 0 spiro atoms. The van der Waals surface area contributed by atoms with Crippen LogP contribution in [-0.4, -0.2) is 35.9 Å². The number of hydrogen-bond donors (Lipinski definition) is 0. The summed E-state index contributed by atoms with van der Waals surface area (Å²) in [5.41, 5.74) is 3.16. The summed E-state index contributed by atoms with van der Waals surface area (Å²) in [5.74, 6) is -1.43. The van der Waals surface area contributed by atoms with Gasteiger partial charge in [-0.15, -0.1) is 0 Å². The Hall–Kier alpha value is -3.90. The standard InChI is InChI=1S/C25H19ClN2O4/c1-31-24(29)21-22(19-14-13-17(15-20(19)26)16-9-5-3-6-10-16)27-28(23(21)25(30)32-2)18-11-7-4-8-12-18/h3-15H,1-2H3. The molecule has 0 amide bonds. The van der Waals surface area contributed by atoms with E-state index < -0.39 is 11.9 Å². The van der Waals surface area contributed by atoms with Crippen molar-refractivity contribution < 1.29 is 19.1 Å². The van der Waals surface area contributed by atoms with E-state index in [-0.39, 0.29) is 17.0 Å². The Morgan fingerprint density at radius 3 is 2.03 bits per heavy atom. The van der Waals surface area contributed by atoms with E-state index in [0.717, 1.165) is 11.1 Å². The minimum absolute atomic E-state index is 0.0161. The van der Waals surface area contributed by atoms with Crippen molar-refractivity contribution >= 4 is 23.5 Å². The zero-order valence-electron chi connectivity index (χ0n) is 17.4. The number of nitrogens with zero attached hydrogens (tertiary/aromatic N) is 2. The Morgan fingerprint density at radius 2 is 1.44 bits per heavy atom. The molecule has 0 aliphatic carbocycles. The van der Waals surface area contributed by atoms with E-state index in [4.69, 9.17) is 21.1 Å². The van der Waals surface area contributed by atoms with Gasteiger partial charge in [0.05, 0.1) is 24.9 Å². The number of halogens is 1. The summed E-state index contributed by atoms with van der Waals surface area (Å²) >= 11 is 6.64. The molecule has 7 heteroatoms. The SMILES string of the molecule is COC(=O)c1c(-c2ccc(-c3ccccc3)cc2Cl)nn(-c2ccccc2)c1C(=O)OC. The summed E-state index contributed by atoms with van der Waals surface area (Å²) < 4.78 is 11.3. The van der Waals surface area contributed by atoms with Crippen molar-refractivity contribution in [2.24, 2.45) is 0 Å². The molecule has 0 atom stereocenters. The van der Waals surface area contributed by atoms with Gasteiger partial charge >= 0.3 is 11.9 Å². The number of benzene rings is 3. The van der Waals surface area contributed by atoms with Crippen LogP contribution in [0.3, 0.4) is 0 Å². The zero-order chi connectivity index (χ0) is 22.7. The molecule has 0 bridgehead atoms. The number of para-hydroxylation sites is 1. The van der Waals surface area contributed by atoms with Crippen LogP contribution in [0.2, 0.25) is 5.02 Å². The predicted molar refractivity (Wildman–Crippen MR) is 122 cm³/mol. The van der Waals surface area contributed by atoms with Crippen molar-refractivity contribution in [3.8, 4) is 28.1 Å². The fourth-order valence-electron chi connectivity index (χ4n) is 3.46. The number of rotatable bonds is 5. The summed E-state index contributed by atoms with van der Waals surface area (Å²) in [6, 6.07) is 24.2. The molecule has 4 aromatic rings. The first-order chi connectivity index (χ1) is 15.5. The molecule has 3 aromatic carbocycles. The van der Waals surface area contributed by atoms with Crippen LogP contribution in [0.25, 0.3) is 28.1 Å². The third kappa shape index (κ3) is 3.88. The van der Waals surface area contributed by atoms with Crippen molar-refractivity contribution in [1.29, 1.82) is 0 Å². The Bertz CT molecular complexity index is 1280. The molecular weight excluding hydrogens is 428 g/mol. The highest BCUT2D eigenvalue weighted by atomic mass is 35.5. The molecule has 0 saturated carbocycles. The molecule has 160 valence electrons. The van der Waals surface area contributed by atoms with Gasteiger partial charge in [-0.2, -0.15) is 5.10 Å². The van der Waals surface area contributed by atoms with Crippen LogP contribution in [0.4, 0.5) is 0 Å². The molecule has 0 fully saturated rings. The van der Waals surface area contributed by atoms with E-state index in [0.29, 0.717) is 16.3 Å². The van der Waals surface area contributed by atoms with Crippen molar-refractivity contribution in [3.05, 3.63) is 95.1 Å². The van der Waals surface area contributed by atoms with Crippen LogP contribution in [0.5, 0.6) is 0 Å². The van der Waals surface area contributed by atoms with Crippen molar-refractivity contribution in [3.63, 3.8) is 0 Å². The second kappa shape index (κ2) is 9.08. The maximum Gasteiger partial charge on any atom is 0.357 e. The lowest BCUT2D eigenvalue weighted by molar-refractivity contribution is 0.0549. The minimum Gasteiger partial charge on any atom is -0.465 e. The van der Waals surface area contributed by atoms with Crippen molar-refractivity contribution in [1.82, 2.24) is 9.78 Å². The van der Waals surface area contributed by atoms with E-state index in [1.807, 2.05) is 42.5 Å². The van der Waals surface area contributed by atoms with Gasteiger partial charge in [0.2, 0.25) is 0 Å². The van der Waals surface area contributed by atoms with Gasteiger partial charge in [0, 0.05) is 5.56 Å². The lowest BCUT2D eigenvalue weighted by Crippen LogP contribution is -2.15. The number of methoxy groups -OCH3 is 2. The number of carbonyl (C=O) groups excluding carboxylic acids is 2. The van der Waals surface area contributed by atoms with Crippen LogP contribution in [-0.2, 0) is 9.47 Å². The Labute approximate surface area is 190 Å². The second-order valence-corrected chi connectivity index (χ2v) is 7.27. The largest absolute Gasteiger partial charge is 0.465 e. The highest BCUT2D eigenvalue weighted by Gasteiger charge is 2.32. The fourth-order valence-corrected chi connectivity index (χ4v) is 3.73. The van der Waals surface area contributed by atoms with Gasteiger partial charge in [-0.1, -0.05) is 72.3 Å². The Balaban J connectivity index is 1.95. The summed E-state index contributed by atoms with van der Waals surface area (Å²) in [5, 5.41) is 4.96. The van der Waals surface area contributed by atoms with Crippen molar-refractivity contribution in [2.75, 3.05) is 14.2 Å². The summed E-state index contributed by atoms with van der Waals surface area (Å²) in [4.78, 5) is 25.5.